The monoisotopic (exact) mass is 471 g/mol. The quantitative estimate of drug-likeness (QED) is 0.314. The first-order valence-corrected chi connectivity index (χ1v) is 11.7. The number of carbonyl (C=O) groups excluding carboxylic acids is 1. The lowest BCUT2D eigenvalue weighted by Crippen LogP contribution is -2.41. The van der Waals surface area contributed by atoms with Crippen LogP contribution < -0.4 is 5.32 Å². The molecule has 3 nitrogen and oxygen atoms in total. The highest BCUT2D eigenvalue weighted by Crippen LogP contribution is 2.31. The summed E-state index contributed by atoms with van der Waals surface area (Å²) in [6.07, 6.45) is 1.18. The summed E-state index contributed by atoms with van der Waals surface area (Å²) >= 11 is 0. The Bertz CT molecular complexity index is 1270. The van der Waals surface area contributed by atoms with E-state index in [1.807, 2.05) is 24.3 Å². The molecule has 0 radical (unpaired) electrons. The van der Waals surface area contributed by atoms with Gasteiger partial charge >= 0.3 is 0 Å². The van der Waals surface area contributed by atoms with E-state index >= 15 is 0 Å². The summed E-state index contributed by atoms with van der Waals surface area (Å²) in [5, 5.41) is 6.01. The first-order chi connectivity index (χ1) is 16.2. The molecular formula is C30H30ClNO2. The summed E-state index contributed by atoms with van der Waals surface area (Å²) in [6.45, 7) is 4.07. The molecule has 5 rings (SSSR count). The Morgan fingerprint density at radius 3 is 2.47 bits per heavy atom. The summed E-state index contributed by atoms with van der Waals surface area (Å²) in [6, 6.07) is 31.7. The lowest BCUT2D eigenvalue weighted by Gasteiger charge is -2.33. The zero-order valence-corrected chi connectivity index (χ0v) is 20.2. The lowest BCUT2D eigenvalue weighted by atomic mass is 9.86. The van der Waals surface area contributed by atoms with Crippen LogP contribution in [0, 0.1) is 0 Å². The predicted octanol–water partition coefficient (Wildman–Crippen LogP) is 6.79. The van der Waals surface area contributed by atoms with Gasteiger partial charge in [0.15, 0.2) is 5.78 Å². The smallest absolute Gasteiger partial charge is 0.159 e. The van der Waals surface area contributed by atoms with Crippen molar-refractivity contribution in [2.75, 3.05) is 13.1 Å². The molecular weight excluding hydrogens is 442 g/mol. The highest BCUT2D eigenvalue weighted by atomic mass is 35.5. The molecule has 0 saturated carbocycles. The Morgan fingerprint density at radius 2 is 1.68 bits per heavy atom. The van der Waals surface area contributed by atoms with Gasteiger partial charge in [0.1, 0.15) is 0 Å². The number of fused-ring (bicyclic) bond motifs is 1. The molecule has 1 fully saturated rings. The molecule has 0 spiro atoms. The average Bonchev–Trinajstić information content (AvgIpc) is 2.87. The van der Waals surface area contributed by atoms with Gasteiger partial charge in [-0.3, -0.25) is 4.79 Å². The maximum Gasteiger partial charge on any atom is 0.159 e. The maximum atomic E-state index is 11.6. The molecule has 1 N–H and O–H groups in total. The van der Waals surface area contributed by atoms with E-state index in [4.69, 9.17) is 4.74 Å². The minimum atomic E-state index is 0. The summed E-state index contributed by atoms with van der Waals surface area (Å²) < 4.78 is 6.47. The number of ketones is 1. The maximum absolute atomic E-state index is 11.6. The van der Waals surface area contributed by atoms with Crippen LogP contribution in [0.5, 0.6) is 0 Å². The van der Waals surface area contributed by atoms with Gasteiger partial charge in [0.2, 0.25) is 0 Å². The van der Waals surface area contributed by atoms with Crippen molar-refractivity contribution in [2.24, 2.45) is 0 Å². The van der Waals surface area contributed by atoms with E-state index < -0.39 is 0 Å². The van der Waals surface area contributed by atoms with Crippen molar-refractivity contribution in [1.29, 1.82) is 0 Å². The van der Waals surface area contributed by atoms with Gasteiger partial charge in [-0.15, -0.1) is 12.4 Å². The van der Waals surface area contributed by atoms with Crippen molar-refractivity contribution in [3.63, 3.8) is 0 Å². The van der Waals surface area contributed by atoms with Gasteiger partial charge in [-0.1, -0.05) is 84.9 Å². The van der Waals surface area contributed by atoms with Gasteiger partial charge in [0.05, 0.1) is 12.7 Å². The third-order valence-corrected chi connectivity index (χ3v) is 6.64. The van der Waals surface area contributed by atoms with Crippen molar-refractivity contribution >= 4 is 29.0 Å². The third-order valence-electron chi connectivity index (χ3n) is 6.64. The lowest BCUT2D eigenvalue weighted by molar-refractivity contribution is 0.0107. The molecule has 1 aliphatic rings. The zero-order valence-electron chi connectivity index (χ0n) is 19.4. The van der Waals surface area contributed by atoms with Gasteiger partial charge in [0.25, 0.3) is 0 Å². The Labute approximate surface area is 207 Å². The molecule has 4 heteroatoms. The topological polar surface area (TPSA) is 38.3 Å². The second kappa shape index (κ2) is 11.0. The van der Waals surface area contributed by atoms with Crippen LogP contribution in [-0.4, -0.2) is 25.0 Å². The largest absolute Gasteiger partial charge is 0.372 e. The molecule has 1 heterocycles. The molecule has 1 aliphatic heterocycles. The van der Waals surface area contributed by atoms with E-state index in [-0.39, 0.29) is 24.3 Å². The van der Waals surface area contributed by atoms with Gasteiger partial charge in [0, 0.05) is 18.0 Å². The van der Waals surface area contributed by atoms with E-state index in [2.05, 4.69) is 72.0 Å². The first-order valence-electron chi connectivity index (χ1n) is 11.7. The second-order valence-electron chi connectivity index (χ2n) is 8.89. The van der Waals surface area contributed by atoms with Crippen LogP contribution >= 0.6 is 12.4 Å². The molecule has 0 bridgehead atoms. The van der Waals surface area contributed by atoms with Crippen LogP contribution in [0.3, 0.4) is 0 Å². The fraction of sp³-hybridized carbons (Fsp3) is 0.233. The van der Waals surface area contributed by atoms with Gasteiger partial charge < -0.3 is 10.1 Å². The normalized spacial score (nSPS) is 17.8. The number of piperidine rings is 1. The summed E-state index contributed by atoms with van der Waals surface area (Å²) in [5.74, 6) is 0.444. The van der Waals surface area contributed by atoms with Crippen molar-refractivity contribution in [1.82, 2.24) is 5.32 Å². The molecule has 4 aromatic rings. The minimum absolute atomic E-state index is 0. The van der Waals surface area contributed by atoms with Gasteiger partial charge in [-0.25, -0.2) is 0 Å². The van der Waals surface area contributed by atoms with Crippen LogP contribution in [0.1, 0.15) is 40.7 Å². The Balaban J connectivity index is 0.00000274. The van der Waals surface area contributed by atoms with E-state index in [0.29, 0.717) is 12.5 Å². The van der Waals surface area contributed by atoms with E-state index in [1.165, 1.54) is 27.5 Å². The molecule has 4 aromatic carbocycles. The summed E-state index contributed by atoms with van der Waals surface area (Å²) in [7, 11) is 0. The summed E-state index contributed by atoms with van der Waals surface area (Å²) in [4.78, 5) is 11.6. The van der Waals surface area contributed by atoms with Crippen molar-refractivity contribution in [2.45, 2.75) is 32.0 Å². The summed E-state index contributed by atoms with van der Waals surface area (Å²) in [5.41, 5.74) is 5.57. The minimum Gasteiger partial charge on any atom is -0.372 e. The number of hydrogen-bond acceptors (Lipinski definition) is 3. The highest BCUT2D eigenvalue weighted by molar-refractivity contribution is 5.94. The number of benzene rings is 4. The van der Waals surface area contributed by atoms with Crippen molar-refractivity contribution in [3.8, 4) is 11.1 Å². The number of rotatable bonds is 6. The predicted molar refractivity (Wildman–Crippen MR) is 142 cm³/mol. The van der Waals surface area contributed by atoms with Crippen LogP contribution in [-0.2, 0) is 11.3 Å². The zero-order chi connectivity index (χ0) is 22.6. The fourth-order valence-electron chi connectivity index (χ4n) is 4.76. The van der Waals surface area contributed by atoms with E-state index in [0.717, 1.165) is 30.6 Å². The third kappa shape index (κ3) is 5.39. The number of Topliss-reactive ketones (excluding diaryl/α,β-unsaturated/α-hetero) is 1. The molecule has 174 valence electrons. The Hall–Kier alpha value is -2.98. The first kappa shape index (κ1) is 24.2. The second-order valence-corrected chi connectivity index (χ2v) is 8.89. The van der Waals surface area contributed by atoms with Crippen LogP contribution in [0.15, 0.2) is 91.0 Å². The van der Waals surface area contributed by atoms with Gasteiger partial charge in [-0.05, 0) is 59.0 Å². The fourth-order valence-corrected chi connectivity index (χ4v) is 4.76. The van der Waals surface area contributed by atoms with E-state index in [1.54, 1.807) is 6.92 Å². The molecule has 0 amide bonds. The molecule has 34 heavy (non-hydrogen) atoms. The molecule has 2 atom stereocenters. The van der Waals surface area contributed by atoms with Crippen molar-refractivity contribution < 1.29 is 9.53 Å². The van der Waals surface area contributed by atoms with Crippen molar-refractivity contribution in [3.05, 3.63) is 108 Å². The molecule has 0 unspecified atom stereocenters. The number of nitrogens with one attached hydrogen (secondary N) is 1. The van der Waals surface area contributed by atoms with Crippen LogP contribution in [0.2, 0.25) is 0 Å². The highest BCUT2D eigenvalue weighted by Gasteiger charge is 2.27. The molecule has 0 aromatic heterocycles. The van der Waals surface area contributed by atoms with Gasteiger partial charge in [-0.2, -0.15) is 0 Å². The Kier molecular flexibility index (Phi) is 7.79. The van der Waals surface area contributed by atoms with Crippen LogP contribution in [0.4, 0.5) is 0 Å². The SMILES string of the molecule is CC(=O)c1ccc(-c2cccc([C@H]3CCNC[C@@H]3OCc3ccc4ccccc4c3)c2)cc1.Cl. The Morgan fingerprint density at radius 1 is 0.882 bits per heavy atom. The molecule has 0 aliphatic carbocycles. The average molecular weight is 472 g/mol. The number of hydrogen-bond donors (Lipinski definition) is 1. The number of carbonyl (C=O) groups is 1. The number of halogens is 1. The molecule has 1 saturated heterocycles. The van der Waals surface area contributed by atoms with Crippen LogP contribution in [0.25, 0.3) is 21.9 Å². The van der Waals surface area contributed by atoms with E-state index in [9.17, 15) is 4.79 Å². The number of ether oxygens (including phenoxy) is 1. The standard InChI is InChI=1S/C30H29NO2.ClH/c1-21(32)23-11-13-25(14-12-23)27-7-4-8-28(18-27)29-15-16-31-19-30(29)33-20-22-9-10-24-5-2-3-6-26(24)17-22;/h2-14,17-18,29-31H,15-16,19-20H2,1H3;1H/t29-,30+;/m1./s1.